The van der Waals surface area contributed by atoms with E-state index in [-0.39, 0.29) is 0 Å². The first-order chi connectivity index (χ1) is 29.2. The number of hydrogen-bond donors (Lipinski definition) is 0. The van der Waals surface area contributed by atoms with Crippen molar-refractivity contribution in [3.63, 3.8) is 0 Å². The third kappa shape index (κ3) is 6.34. The number of hydrogen-bond acceptors (Lipinski definition) is 3. The van der Waals surface area contributed by atoms with Crippen molar-refractivity contribution in [2.45, 2.75) is 0 Å². The Morgan fingerprint density at radius 2 is 0.695 bits per heavy atom. The van der Waals surface area contributed by atoms with Crippen LogP contribution < -0.4 is 0 Å². The highest BCUT2D eigenvalue weighted by Gasteiger charge is 2.20. The molecule has 0 amide bonds. The van der Waals surface area contributed by atoms with E-state index in [2.05, 4.69) is 217 Å². The molecule has 0 radical (unpaired) electrons. The average molecular weight is 753 g/mol. The number of aromatic nitrogens is 4. The second-order valence-corrected chi connectivity index (χ2v) is 14.9. The Kier molecular flexibility index (Phi) is 8.45. The smallest absolute Gasteiger partial charge is 0.166 e. The average Bonchev–Trinajstić information content (AvgIpc) is 3.66. The summed E-state index contributed by atoms with van der Waals surface area (Å²) in [7, 11) is 0. The van der Waals surface area contributed by atoms with Crippen molar-refractivity contribution in [1.82, 2.24) is 19.5 Å². The van der Waals surface area contributed by atoms with Crippen LogP contribution in [0.1, 0.15) is 0 Å². The molecule has 0 saturated heterocycles. The van der Waals surface area contributed by atoms with E-state index in [0.717, 1.165) is 66.4 Å². The van der Waals surface area contributed by atoms with Crippen LogP contribution in [0.15, 0.2) is 218 Å². The van der Waals surface area contributed by atoms with E-state index in [1.165, 1.54) is 21.9 Å². The minimum atomic E-state index is 0.602. The first-order valence-corrected chi connectivity index (χ1v) is 19.9. The Morgan fingerprint density at radius 3 is 1.31 bits per heavy atom. The van der Waals surface area contributed by atoms with Crippen LogP contribution in [-0.2, 0) is 0 Å². The van der Waals surface area contributed by atoms with Crippen molar-refractivity contribution >= 4 is 32.6 Å². The molecule has 0 bridgehead atoms. The minimum Gasteiger partial charge on any atom is -0.308 e. The molecule has 0 aliphatic carbocycles. The summed E-state index contributed by atoms with van der Waals surface area (Å²) in [5.74, 6) is 1.83. The van der Waals surface area contributed by atoms with Gasteiger partial charge >= 0.3 is 0 Å². The summed E-state index contributed by atoms with van der Waals surface area (Å²) in [4.78, 5) is 16.0. The minimum absolute atomic E-state index is 0.602. The Morgan fingerprint density at radius 1 is 0.271 bits per heavy atom. The molecule has 4 nitrogen and oxygen atoms in total. The molecule has 11 rings (SSSR count). The summed E-state index contributed by atoms with van der Waals surface area (Å²) >= 11 is 0. The lowest BCUT2D eigenvalue weighted by Gasteiger charge is -2.16. The molecule has 59 heavy (non-hydrogen) atoms. The highest BCUT2D eigenvalue weighted by molar-refractivity contribution is 6.09. The molecule has 0 spiro atoms. The van der Waals surface area contributed by atoms with Gasteiger partial charge in [-0.3, -0.25) is 0 Å². The molecular weight excluding hydrogens is 717 g/mol. The maximum atomic E-state index is 5.36. The zero-order valence-corrected chi connectivity index (χ0v) is 32.1. The van der Waals surface area contributed by atoms with Crippen molar-refractivity contribution < 1.29 is 0 Å². The first kappa shape index (κ1) is 34.3. The normalized spacial score (nSPS) is 11.4. The lowest BCUT2D eigenvalue weighted by atomic mass is 9.99. The lowest BCUT2D eigenvalue weighted by Crippen LogP contribution is -2.04. The second kappa shape index (κ2) is 14.5. The van der Waals surface area contributed by atoms with Gasteiger partial charge in [0.05, 0.1) is 16.7 Å². The first-order valence-electron chi connectivity index (χ1n) is 19.9. The van der Waals surface area contributed by atoms with Gasteiger partial charge in [-0.1, -0.05) is 176 Å². The van der Waals surface area contributed by atoms with E-state index < -0.39 is 0 Å². The Hall–Kier alpha value is -7.95. The maximum absolute atomic E-state index is 5.36. The summed E-state index contributed by atoms with van der Waals surface area (Å²) in [6, 6.07) is 77.0. The van der Waals surface area contributed by atoms with Crippen molar-refractivity contribution in [2.24, 2.45) is 0 Å². The number of benzene rings is 9. The van der Waals surface area contributed by atoms with Gasteiger partial charge in [0.1, 0.15) is 0 Å². The molecule has 0 aliphatic heterocycles. The fraction of sp³-hybridized carbons (Fsp3) is 0. The second-order valence-electron chi connectivity index (χ2n) is 14.9. The molecule has 11 aromatic rings. The van der Waals surface area contributed by atoms with E-state index in [1.807, 2.05) is 6.07 Å². The van der Waals surface area contributed by atoms with Crippen LogP contribution in [0.4, 0.5) is 0 Å². The third-order valence-electron chi connectivity index (χ3n) is 11.2. The van der Waals surface area contributed by atoms with Crippen LogP contribution in [0, 0.1) is 0 Å². The van der Waals surface area contributed by atoms with Crippen LogP contribution >= 0.6 is 0 Å². The summed E-state index contributed by atoms with van der Waals surface area (Å²) in [5, 5.41) is 4.67. The maximum Gasteiger partial charge on any atom is 0.166 e. The number of rotatable bonds is 7. The Bertz CT molecular complexity index is 3260. The molecular formula is C55H36N4. The molecule has 0 atom stereocenters. The molecule has 4 heteroatoms. The topological polar surface area (TPSA) is 43.6 Å². The zero-order valence-electron chi connectivity index (χ0n) is 32.1. The summed E-state index contributed by atoms with van der Waals surface area (Å²) in [6.07, 6.45) is 0. The van der Waals surface area contributed by atoms with Gasteiger partial charge in [0.15, 0.2) is 17.5 Å². The van der Waals surface area contributed by atoms with Gasteiger partial charge in [0.2, 0.25) is 0 Å². The van der Waals surface area contributed by atoms with E-state index in [0.29, 0.717) is 17.5 Å². The predicted octanol–water partition coefficient (Wildman–Crippen LogP) is 14.1. The molecule has 0 N–H and O–H groups in total. The van der Waals surface area contributed by atoms with Crippen LogP contribution in [0.3, 0.4) is 0 Å². The van der Waals surface area contributed by atoms with Gasteiger partial charge in [0, 0.05) is 27.5 Å². The monoisotopic (exact) mass is 752 g/mol. The molecule has 276 valence electrons. The van der Waals surface area contributed by atoms with Crippen molar-refractivity contribution in [2.75, 3.05) is 0 Å². The van der Waals surface area contributed by atoms with Crippen LogP contribution in [0.5, 0.6) is 0 Å². The van der Waals surface area contributed by atoms with Gasteiger partial charge in [-0.25, -0.2) is 15.0 Å². The SMILES string of the molecule is c1ccc(-c2cccc(-c3nc(-c4ccc5ccc(-c6ccccc6)cc5c4)nc(-c4ccc(-c5ccccc5)cc4-n4c5ccccc5c5ccccc54)n3)c2)cc1. The van der Waals surface area contributed by atoms with Crippen LogP contribution in [0.25, 0.3) is 106 Å². The fourth-order valence-corrected chi connectivity index (χ4v) is 8.32. The number of nitrogens with zero attached hydrogens (tertiary/aromatic N) is 4. The molecule has 0 unspecified atom stereocenters. The summed E-state index contributed by atoms with van der Waals surface area (Å²) < 4.78 is 2.37. The van der Waals surface area contributed by atoms with Crippen molar-refractivity contribution in [3.05, 3.63) is 218 Å². The van der Waals surface area contributed by atoms with Gasteiger partial charge in [-0.15, -0.1) is 0 Å². The number of para-hydroxylation sites is 2. The van der Waals surface area contributed by atoms with E-state index in [4.69, 9.17) is 15.0 Å². The predicted molar refractivity (Wildman–Crippen MR) is 244 cm³/mol. The van der Waals surface area contributed by atoms with Gasteiger partial charge < -0.3 is 4.57 Å². The highest BCUT2D eigenvalue weighted by Crippen LogP contribution is 2.39. The van der Waals surface area contributed by atoms with Crippen LogP contribution in [-0.4, -0.2) is 19.5 Å². The lowest BCUT2D eigenvalue weighted by molar-refractivity contribution is 1.07. The largest absolute Gasteiger partial charge is 0.308 e. The molecule has 0 aliphatic rings. The standard InChI is InChI=1S/C55H36N4/c1-4-15-37(16-5-1)41-21-14-22-44(33-41)53-56-54(45-30-28-40-27-29-42(34-46(40)35-45)38-17-6-2-7-18-38)58-55(57-53)49-32-31-43(39-19-8-3-9-20-39)36-52(49)59-50-25-12-10-23-47(50)48-24-11-13-26-51(48)59/h1-36H. The molecule has 2 aromatic heterocycles. The van der Waals surface area contributed by atoms with Gasteiger partial charge in [0.25, 0.3) is 0 Å². The van der Waals surface area contributed by atoms with Crippen molar-refractivity contribution in [3.8, 4) is 73.2 Å². The Labute approximate surface area is 342 Å². The molecule has 0 fully saturated rings. The summed E-state index contributed by atoms with van der Waals surface area (Å²) in [6.45, 7) is 0. The fourth-order valence-electron chi connectivity index (χ4n) is 8.32. The van der Waals surface area contributed by atoms with E-state index >= 15 is 0 Å². The van der Waals surface area contributed by atoms with E-state index in [1.54, 1.807) is 0 Å². The molecule has 9 aromatic carbocycles. The van der Waals surface area contributed by atoms with Crippen molar-refractivity contribution in [1.29, 1.82) is 0 Å². The molecule has 2 heterocycles. The van der Waals surface area contributed by atoms with Crippen LogP contribution in [0.2, 0.25) is 0 Å². The van der Waals surface area contributed by atoms with E-state index in [9.17, 15) is 0 Å². The summed E-state index contributed by atoms with van der Waals surface area (Å²) in [5.41, 5.74) is 12.8. The highest BCUT2D eigenvalue weighted by atomic mass is 15.1. The third-order valence-corrected chi connectivity index (χ3v) is 11.2. The van der Waals surface area contributed by atoms with Gasteiger partial charge in [-0.05, 0) is 86.6 Å². The van der Waals surface area contributed by atoms with Gasteiger partial charge in [-0.2, -0.15) is 0 Å². The quantitative estimate of drug-likeness (QED) is 0.163. The number of fused-ring (bicyclic) bond motifs is 4. The Balaban J connectivity index is 1.16. The zero-order chi connectivity index (χ0) is 39.1. The molecule has 0 saturated carbocycles.